The maximum atomic E-state index is 11.2. The number of nitrogens with zero attached hydrogens (tertiary/aromatic N) is 2. The molecule has 0 fully saturated rings. The predicted molar refractivity (Wildman–Crippen MR) is 164 cm³/mol. The Labute approximate surface area is 243 Å². The van der Waals surface area contributed by atoms with Crippen molar-refractivity contribution in [2.45, 2.75) is 0 Å². The topological polar surface area (TPSA) is 241 Å². The number of phenols is 2. The molecule has 4 aromatic carbocycles. The van der Waals surface area contributed by atoms with E-state index in [0.29, 0.717) is 33.9 Å². The van der Waals surface area contributed by atoms with E-state index in [-0.39, 0.29) is 11.1 Å². The van der Waals surface area contributed by atoms with Gasteiger partial charge in [-0.15, -0.1) is 0 Å². The number of hydrogen-bond donors (Lipinski definition) is 9. The van der Waals surface area contributed by atoms with E-state index < -0.39 is 23.4 Å². The Morgan fingerprint density at radius 1 is 0.628 bits per heavy atom. The molecule has 0 radical (unpaired) electrons. The summed E-state index contributed by atoms with van der Waals surface area (Å²) in [4.78, 5) is 25.7. The normalized spacial score (nSPS) is 12.0. The number of aromatic hydroxyl groups is 2. The van der Waals surface area contributed by atoms with Gasteiger partial charge in [-0.05, 0) is 59.7 Å². The number of anilines is 2. The second-order valence-electron chi connectivity index (χ2n) is 9.64. The minimum atomic E-state index is -1.26. The Kier molecular flexibility index (Phi) is 7.26. The third-order valence-electron chi connectivity index (χ3n) is 6.84. The van der Waals surface area contributed by atoms with Gasteiger partial charge in [0.1, 0.15) is 22.6 Å². The van der Waals surface area contributed by atoms with Gasteiger partial charge in [0.15, 0.2) is 0 Å². The first-order valence-corrected chi connectivity index (χ1v) is 12.6. The van der Waals surface area contributed by atoms with Crippen LogP contribution in [0.1, 0.15) is 31.8 Å². The second-order valence-corrected chi connectivity index (χ2v) is 9.64. The molecule has 13 N–H and O–H groups in total. The molecular formula is C30H27N7O6. The molecule has 13 heteroatoms. The van der Waals surface area contributed by atoms with Crippen molar-refractivity contribution >= 4 is 56.5 Å². The molecule has 5 rings (SSSR count). The van der Waals surface area contributed by atoms with E-state index in [1.807, 2.05) is 36.4 Å². The van der Waals surface area contributed by atoms with Crippen molar-refractivity contribution in [2.75, 3.05) is 10.0 Å². The zero-order chi connectivity index (χ0) is 31.0. The first-order chi connectivity index (χ1) is 20.4. The smallest absolute Gasteiger partial charge is 0.339 e. The number of carboxylic acids is 2. The number of H-pyrrole nitrogens is 1. The number of rotatable bonds is 8. The standard InChI is InChI=1S/C30H27N7O6/c31-23(13-36(33)17-3-5-19(29(40)41)27(38)11-17)15-1-7-25-21(9-15)22-10-16(2-8-26(22)35-25)24(32)14-37(34)18-4-6-20(30(42)43)28(39)12-18/h1-14,35,38-39H,31-34H2,(H,40,41)(H,42,43)/b23-13-,24-14-. The summed E-state index contributed by atoms with van der Waals surface area (Å²) in [6.45, 7) is 0. The molecule has 13 nitrogen and oxygen atoms in total. The number of aromatic amines is 1. The molecule has 1 aromatic heterocycles. The number of benzene rings is 4. The van der Waals surface area contributed by atoms with Crippen LogP contribution in [0.15, 0.2) is 85.2 Å². The van der Waals surface area contributed by atoms with Crippen LogP contribution in [0.2, 0.25) is 0 Å². The SMILES string of the molecule is N/C(=C\N(N)c1ccc(C(=O)O)c(O)c1)c1ccc2[nH]c3ccc(/C(N)=C/N(N)c4ccc(C(=O)O)c(O)c4)cc3c2c1. The molecule has 218 valence electrons. The van der Waals surface area contributed by atoms with Crippen molar-refractivity contribution in [2.24, 2.45) is 23.2 Å². The number of nitrogens with two attached hydrogens (primary N) is 4. The zero-order valence-corrected chi connectivity index (χ0v) is 22.4. The summed E-state index contributed by atoms with van der Waals surface area (Å²) in [5, 5.41) is 42.3. The lowest BCUT2D eigenvalue weighted by Gasteiger charge is -2.16. The maximum Gasteiger partial charge on any atom is 0.339 e. The van der Waals surface area contributed by atoms with Crippen molar-refractivity contribution < 1.29 is 30.0 Å². The molecule has 0 aliphatic rings. The summed E-state index contributed by atoms with van der Waals surface area (Å²) in [6, 6.07) is 19.0. The van der Waals surface area contributed by atoms with Crippen molar-refractivity contribution in [3.8, 4) is 11.5 Å². The van der Waals surface area contributed by atoms with Gasteiger partial charge in [-0.2, -0.15) is 0 Å². The summed E-state index contributed by atoms with van der Waals surface area (Å²) in [6.07, 6.45) is 2.90. The van der Waals surface area contributed by atoms with Crippen LogP contribution in [0.25, 0.3) is 33.2 Å². The number of hydrazine groups is 2. The highest BCUT2D eigenvalue weighted by Crippen LogP contribution is 2.31. The Hall–Kier alpha value is -6.18. The van der Waals surface area contributed by atoms with E-state index in [4.69, 9.17) is 33.4 Å². The molecule has 1 heterocycles. The highest BCUT2D eigenvalue weighted by atomic mass is 16.4. The molecule has 0 saturated heterocycles. The van der Waals surface area contributed by atoms with Crippen LogP contribution >= 0.6 is 0 Å². The fourth-order valence-corrected chi connectivity index (χ4v) is 4.58. The van der Waals surface area contributed by atoms with Crippen LogP contribution in [-0.4, -0.2) is 37.3 Å². The summed E-state index contributed by atoms with van der Waals surface area (Å²) < 4.78 is 0. The third kappa shape index (κ3) is 5.56. The van der Waals surface area contributed by atoms with Crippen LogP contribution in [0, 0.1) is 0 Å². The van der Waals surface area contributed by atoms with Crippen molar-refractivity contribution in [1.82, 2.24) is 4.98 Å². The van der Waals surface area contributed by atoms with Gasteiger partial charge < -0.3 is 36.9 Å². The van der Waals surface area contributed by atoms with Gasteiger partial charge in [-0.3, -0.25) is 10.0 Å². The number of fused-ring (bicyclic) bond motifs is 3. The molecule has 43 heavy (non-hydrogen) atoms. The van der Waals surface area contributed by atoms with Gasteiger partial charge >= 0.3 is 11.9 Å². The number of aromatic carboxylic acids is 2. The lowest BCUT2D eigenvalue weighted by molar-refractivity contribution is 0.0682. The first-order valence-electron chi connectivity index (χ1n) is 12.6. The Bertz CT molecular complexity index is 1840. The first kappa shape index (κ1) is 28.4. The molecule has 0 bridgehead atoms. The van der Waals surface area contributed by atoms with Gasteiger partial charge in [-0.1, -0.05) is 12.1 Å². The average Bonchev–Trinajstić information content (AvgIpc) is 3.33. The minimum Gasteiger partial charge on any atom is -0.507 e. The molecule has 0 saturated carbocycles. The highest BCUT2D eigenvalue weighted by Gasteiger charge is 2.14. The van der Waals surface area contributed by atoms with Crippen LogP contribution in [0.5, 0.6) is 11.5 Å². The van der Waals surface area contributed by atoms with E-state index in [1.165, 1.54) is 58.8 Å². The van der Waals surface area contributed by atoms with Gasteiger partial charge in [0.2, 0.25) is 0 Å². The highest BCUT2D eigenvalue weighted by molar-refractivity contribution is 6.09. The van der Waals surface area contributed by atoms with Gasteiger partial charge in [-0.25, -0.2) is 21.3 Å². The average molecular weight is 582 g/mol. The Balaban J connectivity index is 1.44. The zero-order valence-electron chi connectivity index (χ0n) is 22.4. The molecule has 0 atom stereocenters. The summed E-state index contributed by atoms with van der Waals surface area (Å²) >= 11 is 0. The molecule has 0 unspecified atom stereocenters. The number of carboxylic acid groups (broad SMARTS) is 2. The number of nitrogens with one attached hydrogen (secondary N) is 1. The van der Waals surface area contributed by atoms with Gasteiger partial charge in [0.25, 0.3) is 0 Å². The van der Waals surface area contributed by atoms with E-state index in [9.17, 15) is 19.8 Å². The summed E-state index contributed by atoms with van der Waals surface area (Å²) in [5.74, 6) is 8.85. The molecule has 0 spiro atoms. The number of aromatic nitrogens is 1. The second kappa shape index (κ2) is 11.0. The lowest BCUT2D eigenvalue weighted by atomic mass is 10.0. The fraction of sp³-hybridized carbons (Fsp3) is 0. The molecule has 5 aromatic rings. The third-order valence-corrected chi connectivity index (χ3v) is 6.84. The van der Waals surface area contributed by atoms with E-state index in [0.717, 1.165) is 21.8 Å². The monoisotopic (exact) mass is 581 g/mol. The van der Waals surface area contributed by atoms with Crippen molar-refractivity contribution in [3.63, 3.8) is 0 Å². The largest absolute Gasteiger partial charge is 0.507 e. The van der Waals surface area contributed by atoms with Crippen molar-refractivity contribution in [1.29, 1.82) is 0 Å². The van der Waals surface area contributed by atoms with Crippen molar-refractivity contribution in [3.05, 3.63) is 107 Å². The van der Waals surface area contributed by atoms with Crippen LogP contribution in [0.4, 0.5) is 11.4 Å². The van der Waals surface area contributed by atoms with Crippen LogP contribution in [-0.2, 0) is 0 Å². The van der Waals surface area contributed by atoms with E-state index >= 15 is 0 Å². The Morgan fingerprint density at radius 3 is 1.37 bits per heavy atom. The van der Waals surface area contributed by atoms with E-state index in [1.54, 1.807) is 0 Å². The fourth-order valence-electron chi connectivity index (χ4n) is 4.58. The quantitative estimate of drug-likeness (QED) is 0.0946. The predicted octanol–water partition coefficient (Wildman–Crippen LogP) is 3.40. The molecular weight excluding hydrogens is 554 g/mol. The lowest BCUT2D eigenvalue weighted by Crippen LogP contribution is -2.25. The minimum absolute atomic E-state index is 0.249. The van der Waals surface area contributed by atoms with Crippen LogP contribution in [0.3, 0.4) is 0 Å². The van der Waals surface area contributed by atoms with E-state index in [2.05, 4.69) is 4.98 Å². The maximum absolute atomic E-state index is 11.2. The van der Waals surface area contributed by atoms with Gasteiger partial charge in [0.05, 0.1) is 22.8 Å². The molecule has 0 aliphatic carbocycles. The van der Waals surface area contributed by atoms with Gasteiger partial charge in [0, 0.05) is 46.3 Å². The Morgan fingerprint density at radius 2 is 1.02 bits per heavy atom. The summed E-state index contributed by atoms with van der Waals surface area (Å²) in [5.41, 5.74) is 16.5. The summed E-state index contributed by atoms with van der Waals surface area (Å²) in [7, 11) is 0. The number of carbonyl (C=O) groups is 2. The molecule has 0 aliphatic heterocycles. The molecule has 0 amide bonds. The van der Waals surface area contributed by atoms with Crippen LogP contribution < -0.4 is 33.2 Å². The number of hydrogen-bond acceptors (Lipinski definition) is 10.